The van der Waals surface area contributed by atoms with Crippen molar-refractivity contribution in [3.05, 3.63) is 83.9 Å². The van der Waals surface area contributed by atoms with Crippen molar-refractivity contribution in [2.24, 2.45) is 5.73 Å². The Morgan fingerprint density at radius 1 is 0.941 bits per heavy atom. The number of carboxylic acids is 1. The number of aliphatic carboxylic acids is 1. The molecule has 1 aliphatic carbocycles. The first-order chi connectivity index (χ1) is 16.5. The third-order valence-electron chi connectivity index (χ3n) is 6.17. The normalized spacial score (nSPS) is 18.9. The average Bonchev–Trinajstić information content (AvgIpc) is 3.12. The molecule has 3 aromatic carbocycles. The van der Waals surface area contributed by atoms with Crippen molar-refractivity contribution in [3.63, 3.8) is 0 Å². The molecular weight excluding hydrogens is 436 g/mol. The number of hydrogen-bond acceptors (Lipinski definition) is 6. The molecule has 1 aliphatic heterocycles. The number of carboxylic acid groups (broad SMARTS) is 1. The van der Waals surface area contributed by atoms with Gasteiger partial charge in [0, 0.05) is 5.92 Å². The second-order valence-electron chi connectivity index (χ2n) is 8.21. The van der Waals surface area contributed by atoms with Gasteiger partial charge in [-0.2, -0.15) is 0 Å². The Morgan fingerprint density at radius 3 is 2.18 bits per heavy atom. The summed E-state index contributed by atoms with van der Waals surface area (Å²) < 4.78 is 11.5. The summed E-state index contributed by atoms with van der Waals surface area (Å²) in [4.78, 5) is 38.5. The van der Waals surface area contributed by atoms with E-state index in [4.69, 9.17) is 15.2 Å². The van der Waals surface area contributed by atoms with E-state index in [9.17, 15) is 19.5 Å². The van der Waals surface area contributed by atoms with Crippen LogP contribution in [0.15, 0.2) is 72.8 Å². The summed E-state index contributed by atoms with van der Waals surface area (Å²) in [6.07, 6.45) is -1.42. The Morgan fingerprint density at radius 2 is 1.53 bits per heavy atom. The lowest BCUT2D eigenvalue weighted by Crippen LogP contribution is -2.54. The van der Waals surface area contributed by atoms with Crippen LogP contribution in [0.25, 0.3) is 11.1 Å². The van der Waals surface area contributed by atoms with Gasteiger partial charge in [-0.3, -0.25) is 14.5 Å². The molecule has 34 heavy (non-hydrogen) atoms. The quantitative estimate of drug-likeness (QED) is 0.564. The number of hydrogen-bond donors (Lipinski definition) is 2. The Labute approximate surface area is 195 Å². The van der Waals surface area contributed by atoms with Crippen LogP contribution >= 0.6 is 0 Å². The molecular formula is C26H22N2O6. The predicted molar refractivity (Wildman–Crippen MR) is 124 cm³/mol. The number of fused-ring (bicyclic) bond motifs is 4. The number of nitrogens with two attached hydrogens (primary N) is 1. The summed E-state index contributed by atoms with van der Waals surface area (Å²) >= 11 is 0. The van der Waals surface area contributed by atoms with E-state index in [1.54, 1.807) is 24.3 Å². The predicted octanol–water partition coefficient (Wildman–Crippen LogP) is 2.55. The van der Waals surface area contributed by atoms with Crippen LogP contribution in [0.3, 0.4) is 0 Å². The molecule has 2 aliphatic rings. The van der Waals surface area contributed by atoms with E-state index in [0.717, 1.165) is 27.2 Å². The smallest absolute Gasteiger partial charge is 0.349 e. The first kappa shape index (κ1) is 21.7. The number of carbonyl (C=O) groups is 3. The van der Waals surface area contributed by atoms with Crippen molar-refractivity contribution in [3.8, 4) is 16.9 Å². The van der Waals surface area contributed by atoms with E-state index >= 15 is 0 Å². The highest BCUT2D eigenvalue weighted by Gasteiger charge is 2.42. The number of anilines is 1. The summed E-state index contributed by atoms with van der Waals surface area (Å²) in [6.45, 7) is -0.557. The van der Waals surface area contributed by atoms with Gasteiger partial charge in [0.15, 0.2) is 0 Å². The van der Waals surface area contributed by atoms with Crippen LogP contribution in [-0.2, 0) is 19.1 Å². The monoisotopic (exact) mass is 458 g/mol. The molecule has 0 radical (unpaired) electrons. The summed E-state index contributed by atoms with van der Waals surface area (Å²) in [5, 5.41) is 9.26. The van der Waals surface area contributed by atoms with Gasteiger partial charge in [-0.15, -0.1) is 0 Å². The molecule has 3 aromatic rings. The molecule has 0 spiro atoms. The van der Waals surface area contributed by atoms with Crippen molar-refractivity contribution in [1.82, 2.24) is 0 Å². The number of benzene rings is 3. The molecule has 8 heteroatoms. The van der Waals surface area contributed by atoms with Gasteiger partial charge in [-0.1, -0.05) is 60.7 Å². The van der Waals surface area contributed by atoms with Gasteiger partial charge in [0.2, 0.25) is 12.0 Å². The van der Waals surface area contributed by atoms with Crippen molar-refractivity contribution in [2.45, 2.75) is 18.1 Å². The molecule has 0 saturated carbocycles. The van der Waals surface area contributed by atoms with Crippen LogP contribution in [0.2, 0.25) is 0 Å². The van der Waals surface area contributed by atoms with E-state index in [1.807, 2.05) is 48.5 Å². The molecule has 8 nitrogen and oxygen atoms in total. The highest BCUT2D eigenvalue weighted by Crippen LogP contribution is 2.44. The van der Waals surface area contributed by atoms with Gasteiger partial charge in [-0.25, -0.2) is 4.79 Å². The highest BCUT2D eigenvalue weighted by molar-refractivity contribution is 6.04. The largest absolute Gasteiger partial charge is 0.480 e. The minimum atomic E-state index is -1.43. The summed E-state index contributed by atoms with van der Waals surface area (Å²) in [7, 11) is 0. The van der Waals surface area contributed by atoms with Crippen LogP contribution in [0.1, 0.15) is 17.0 Å². The van der Waals surface area contributed by atoms with Crippen LogP contribution in [0.5, 0.6) is 5.75 Å². The number of esters is 1. The van der Waals surface area contributed by atoms with E-state index in [2.05, 4.69) is 0 Å². The fourth-order valence-electron chi connectivity index (χ4n) is 4.60. The van der Waals surface area contributed by atoms with Gasteiger partial charge in [0.1, 0.15) is 24.9 Å². The average molecular weight is 458 g/mol. The number of nitrogens with zero attached hydrogens (tertiary/aromatic N) is 1. The van der Waals surface area contributed by atoms with Crippen molar-refractivity contribution < 1.29 is 29.0 Å². The molecule has 0 fully saturated rings. The van der Waals surface area contributed by atoms with E-state index in [1.165, 1.54) is 0 Å². The Kier molecular flexibility index (Phi) is 5.51. The standard InChI is InChI=1S/C26H22N2O6/c27-23-24(34-21-12-6-5-11-20(21)28(25(23)31)13-22(29)30)26(32)33-14-19-17-9-3-1-7-15(17)16-8-2-4-10-18(16)19/h1-12,19,23-24H,13-14,27H2,(H,29,30)/t23?,24-/m0/s1. The molecule has 172 valence electrons. The lowest BCUT2D eigenvalue weighted by Gasteiger charge is -2.23. The van der Waals surface area contributed by atoms with Crippen molar-refractivity contribution >= 4 is 23.5 Å². The fraction of sp³-hybridized carbons (Fsp3) is 0.192. The molecule has 1 heterocycles. The number of amides is 1. The minimum Gasteiger partial charge on any atom is -0.480 e. The molecule has 1 unspecified atom stereocenters. The van der Waals surface area contributed by atoms with Crippen LogP contribution in [0.4, 0.5) is 5.69 Å². The number of para-hydroxylation sites is 2. The van der Waals surface area contributed by atoms with E-state index in [-0.39, 0.29) is 24.0 Å². The zero-order chi connectivity index (χ0) is 23.8. The molecule has 0 bridgehead atoms. The summed E-state index contributed by atoms with van der Waals surface area (Å²) in [5.74, 6) is -2.70. The molecule has 1 amide bonds. The SMILES string of the molecule is NC1C(=O)N(CC(=O)O)c2ccccc2O[C@@H]1C(=O)OCC1c2ccccc2-c2ccccc21. The summed E-state index contributed by atoms with van der Waals surface area (Å²) in [5.41, 5.74) is 10.6. The lowest BCUT2D eigenvalue weighted by atomic mass is 9.98. The number of rotatable bonds is 5. The Bertz CT molecular complexity index is 1240. The van der Waals surface area contributed by atoms with Crippen LogP contribution in [-0.4, -0.2) is 48.2 Å². The maximum atomic E-state index is 13.1. The molecule has 0 saturated heterocycles. The zero-order valence-electron chi connectivity index (χ0n) is 18.1. The van der Waals surface area contributed by atoms with Crippen molar-refractivity contribution in [2.75, 3.05) is 18.1 Å². The second kappa shape index (κ2) is 8.64. The first-order valence-corrected chi connectivity index (χ1v) is 10.8. The minimum absolute atomic E-state index is 0.0497. The van der Waals surface area contributed by atoms with Gasteiger partial charge in [-0.05, 0) is 34.4 Å². The van der Waals surface area contributed by atoms with Crippen molar-refractivity contribution in [1.29, 1.82) is 0 Å². The van der Waals surface area contributed by atoms with Gasteiger partial charge >= 0.3 is 11.9 Å². The molecule has 5 rings (SSSR count). The third kappa shape index (κ3) is 3.68. The molecule has 3 N–H and O–H groups in total. The van der Waals surface area contributed by atoms with Gasteiger partial charge in [0.25, 0.3) is 0 Å². The third-order valence-corrected chi connectivity index (χ3v) is 6.17. The van der Waals surface area contributed by atoms with Gasteiger partial charge < -0.3 is 20.3 Å². The topological polar surface area (TPSA) is 119 Å². The van der Waals surface area contributed by atoms with Crippen LogP contribution < -0.4 is 15.4 Å². The van der Waals surface area contributed by atoms with Crippen LogP contribution in [0, 0.1) is 0 Å². The number of ether oxygens (including phenoxy) is 2. The molecule has 0 aromatic heterocycles. The zero-order valence-corrected chi connectivity index (χ0v) is 18.1. The Balaban J connectivity index is 1.39. The first-order valence-electron chi connectivity index (χ1n) is 10.8. The Hall–Kier alpha value is -4.17. The van der Waals surface area contributed by atoms with E-state index < -0.39 is 36.5 Å². The molecule has 2 atom stereocenters. The van der Waals surface area contributed by atoms with Gasteiger partial charge in [0.05, 0.1) is 5.69 Å². The number of carbonyl (C=O) groups excluding carboxylic acids is 2. The lowest BCUT2D eigenvalue weighted by molar-refractivity contribution is -0.154. The van der Waals surface area contributed by atoms with E-state index in [0.29, 0.717) is 0 Å². The fourth-order valence-corrected chi connectivity index (χ4v) is 4.60. The maximum Gasteiger partial charge on any atom is 0.349 e. The maximum absolute atomic E-state index is 13.1. The highest BCUT2D eigenvalue weighted by atomic mass is 16.6. The second-order valence-corrected chi connectivity index (χ2v) is 8.21. The summed E-state index contributed by atoms with van der Waals surface area (Å²) in [6, 6.07) is 20.9.